The summed E-state index contributed by atoms with van der Waals surface area (Å²) in [5.74, 6) is 2.14. The zero-order valence-electron chi connectivity index (χ0n) is 19.5. The maximum Gasteiger partial charge on any atom is 0.224 e. The van der Waals surface area contributed by atoms with E-state index in [1.54, 1.807) is 17.9 Å². The lowest BCUT2D eigenvalue weighted by atomic mass is 10.1. The molecule has 0 saturated carbocycles. The van der Waals surface area contributed by atoms with Gasteiger partial charge in [0.25, 0.3) is 0 Å². The highest BCUT2D eigenvalue weighted by atomic mass is 31.2. The van der Waals surface area contributed by atoms with E-state index in [0.29, 0.717) is 17.8 Å². The lowest BCUT2D eigenvalue weighted by molar-refractivity contribution is -0.116. The molecule has 0 aromatic heterocycles. The maximum atomic E-state index is 12.9. The monoisotopic (exact) mass is 465 g/mol. The fraction of sp³-hybridized carbons (Fsp3) is 0.100. The number of ketones is 1. The minimum absolute atomic E-state index is 0.0583. The average molecular weight is 466 g/mol. The Morgan fingerprint density at radius 2 is 1.06 bits per heavy atom. The fourth-order valence-corrected chi connectivity index (χ4v) is 8.22. The van der Waals surface area contributed by atoms with Crippen LogP contribution in [-0.4, -0.2) is 24.0 Å². The molecule has 0 atom stereocenters. The Labute approximate surface area is 201 Å². The summed E-state index contributed by atoms with van der Waals surface area (Å²) in [7, 11) is 0. The summed E-state index contributed by atoms with van der Waals surface area (Å²) in [5.41, 5.74) is 1.19. The molecular weight excluding hydrogens is 437 g/mol. The van der Waals surface area contributed by atoms with Crippen LogP contribution in [-0.2, 0) is 4.79 Å². The smallest absolute Gasteiger partial charge is 0.224 e. The number of para-hydroxylation sites is 1. The molecule has 0 heterocycles. The Hall–Kier alpha value is -3.68. The van der Waals surface area contributed by atoms with Crippen LogP contribution in [0.25, 0.3) is 0 Å². The van der Waals surface area contributed by atoms with Gasteiger partial charge in [0.2, 0.25) is 5.91 Å². The zero-order valence-corrected chi connectivity index (χ0v) is 20.4. The Kier molecular flexibility index (Phi) is 7.25. The average Bonchev–Trinajstić information content (AvgIpc) is 2.88. The molecule has 4 aromatic rings. The Balaban J connectivity index is 1.98. The van der Waals surface area contributed by atoms with Crippen molar-refractivity contribution in [3.05, 3.63) is 121 Å². The van der Waals surface area contributed by atoms with Crippen molar-refractivity contribution < 1.29 is 9.59 Å². The molecule has 4 rings (SSSR count). The second-order valence-corrected chi connectivity index (χ2v) is 11.5. The Morgan fingerprint density at radius 3 is 1.47 bits per heavy atom. The summed E-state index contributed by atoms with van der Waals surface area (Å²) in [6, 6.07) is 38.8. The van der Waals surface area contributed by atoms with E-state index < -0.39 is 6.89 Å². The van der Waals surface area contributed by atoms with Gasteiger partial charge in [0.1, 0.15) is 0 Å². The predicted molar refractivity (Wildman–Crippen MR) is 146 cm³/mol. The van der Waals surface area contributed by atoms with Crippen molar-refractivity contribution in [1.29, 1.82) is 0 Å². The van der Waals surface area contributed by atoms with Crippen LogP contribution in [0.15, 0.2) is 115 Å². The maximum absolute atomic E-state index is 12.9. The third-order valence-electron chi connectivity index (χ3n) is 5.98. The lowest BCUT2D eigenvalue weighted by Crippen LogP contribution is -2.35. The molecule has 0 saturated heterocycles. The van der Waals surface area contributed by atoms with E-state index in [9.17, 15) is 9.59 Å². The fourth-order valence-electron chi connectivity index (χ4n) is 4.36. The molecule has 1 amide bonds. The summed E-state index contributed by atoms with van der Waals surface area (Å²) in [6.07, 6.45) is 0. The summed E-state index contributed by atoms with van der Waals surface area (Å²) >= 11 is 0. The van der Waals surface area contributed by atoms with E-state index in [-0.39, 0.29) is 11.7 Å². The van der Waals surface area contributed by atoms with Crippen LogP contribution < -0.4 is 20.8 Å². The molecule has 0 aliphatic heterocycles. The minimum atomic E-state index is -2.21. The van der Waals surface area contributed by atoms with Crippen LogP contribution in [0.1, 0.15) is 24.2 Å². The number of Topliss-reactive ketones (excluding diaryl/α,β-unsaturated/α-hetero) is 1. The first kappa shape index (κ1) is 23.5. The topological polar surface area (TPSA) is 37.4 Å². The molecule has 0 bridgehead atoms. The summed E-state index contributed by atoms with van der Waals surface area (Å²) < 4.78 is 0. The van der Waals surface area contributed by atoms with E-state index in [1.807, 2.05) is 36.4 Å². The van der Waals surface area contributed by atoms with E-state index in [4.69, 9.17) is 0 Å². The normalized spacial score (nSPS) is 11.0. The molecule has 0 aliphatic rings. The van der Waals surface area contributed by atoms with Crippen molar-refractivity contribution in [2.45, 2.75) is 13.8 Å². The lowest BCUT2D eigenvalue weighted by Gasteiger charge is -2.31. The van der Waals surface area contributed by atoms with Gasteiger partial charge < -0.3 is 4.90 Å². The van der Waals surface area contributed by atoms with Gasteiger partial charge >= 0.3 is 0 Å². The van der Waals surface area contributed by atoms with Crippen LogP contribution in [0.3, 0.4) is 0 Å². The van der Waals surface area contributed by atoms with E-state index in [1.165, 1.54) is 22.8 Å². The number of carbonyl (C=O) groups excluding carboxylic acids is 2. The first-order valence-electron chi connectivity index (χ1n) is 11.3. The van der Waals surface area contributed by atoms with Crippen LogP contribution >= 0.6 is 6.89 Å². The van der Waals surface area contributed by atoms with Crippen molar-refractivity contribution >= 4 is 46.0 Å². The molecule has 0 N–H and O–H groups in total. The number of hydrogen-bond acceptors (Lipinski definition) is 2. The largest absolute Gasteiger partial charge is 0.308 e. The highest BCUT2D eigenvalue weighted by Gasteiger charge is 2.26. The third kappa shape index (κ3) is 4.66. The van der Waals surface area contributed by atoms with Gasteiger partial charge in [-0.15, -0.1) is 0 Å². The molecule has 0 unspecified atom stereocenters. The molecule has 0 fully saturated rings. The van der Waals surface area contributed by atoms with Crippen molar-refractivity contribution in [2.24, 2.45) is 0 Å². The number of amides is 1. The Bertz CT molecular complexity index is 1230. The molecule has 0 spiro atoms. The molecule has 0 radical (unpaired) electrons. The van der Waals surface area contributed by atoms with E-state index >= 15 is 0 Å². The highest BCUT2D eigenvalue weighted by molar-refractivity contribution is 7.94. The number of benzene rings is 4. The van der Waals surface area contributed by atoms with Crippen molar-refractivity contribution in [1.82, 2.24) is 0 Å². The summed E-state index contributed by atoms with van der Waals surface area (Å²) in [6.45, 7) is 1.26. The standard InChI is InChI=1S/C30H28NO2P/c1-24(32)29-20-12-13-21-30(29)31(25(2)33)22-23-34(26-14-6-3-7-15-26,27-16-8-4-9-17-27)28-18-10-5-11-19-28/h3-21,23H,22H2,1-2H3. The van der Waals surface area contributed by atoms with Gasteiger partial charge in [0.15, 0.2) is 5.78 Å². The van der Waals surface area contributed by atoms with Gasteiger partial charge in [-0.25, -0.2) is 0 Å². The van der Waals surface area contributed by atoms with Gasteiger partial charge in [-0.3, -0.25) is 9.59 Å². The first-order valence-corrected chi connectivity index (χ1v) is 13.2. The Morgan fingerprint density at radius 1 is 0.647 bits per heavy atom. The van der Waals surface area contributed by atoms with Gasteiger partial charge in [-0.1, -0.05) is 109 Å². The first-order chi connectivity index (χ1) is 16.5. The molecular formula is C30H28NO2P. The number of carbonyl (C=O) groups is 2. The quantitative estimate of drug-likeness (QED) is 0.283. The summed E-state index contributed by atoms with van der Waals surface area (Å²) in [4.78, 5) is 26.9. The number of anilines is 1. The van der Waals surface area contributed by atoms with E-state index in [0.717, 1.165) is 0 Å². The summed E-state index contributed by atoms with van der Waals surface area (Å²) in [5, 5.41) is 3.65. The zero-order chi connectivity index (χ0) is 24.0. The minimum Gasteiger partial charge on any atom is -0.308 e. The van der Waals surface area contributed by atoms with Crippen molar-refractivity contribution in [3.63, 3.8) is 0 Å². The molecule has 0 aliphatic carbocycles. The molecule has 34 heavy (non-hydrogen) atoms. The van der Waals surface area contributed by atoms with Gasteiger partial charge in [-0.2, -0.15) is 0 Å². The van der Waals surface area contributed by atoms with Gasteiger partial charge in [-0.05, 0) is 41.9 Å². The SMILES string of the molecule is CC(=O)c1ccccc1N(CC=P(c1ccccc1)(c1ccccc1)c1ccccc1)C(C)=O. The van der Waals surface area contributed by atoms with Gasteiger partial charge in [0, 0.05) is 19.0 Å². The predicted octanol–water partition coefficient (Wildman–Crippen LogP) is 5.04. The van der Waals surface area contributed by atoms with Crippen LogP contribution in [0, 0.1) is 0 Å². The van der Waals surface area contributed by atoms with Crippen LogP contribution in [0.4, 0.5) is 5.69 Å². The molecule has 4 aromatic carbocycles. The van der Waals surface area contributed by atoms with E-state index in [2.05, 4.69) is 78.6 Å². The van der Waals surface area contributed by atoms with Gasteiger partial charge in [0.05, 0.1) is 5.69 Å². The van der Waals surface area contributed by atoms with Crippen LogP contribution in [0.2, 0.25) is 0 Å². The molecule has 3 nitrogen and oxygen atoms in total. The number of nitrogens with zero attached hydrogens (tertiary/aromatic N) is 1. The second kappa shape index (κ2) is 10.5. The number of rotatable bonds is 7. The highest BCUT2D eigenvalue weighted by Crippen LogP contribution is 2.43. The second-order valence-electron chi connectivity index (χ2n) is 8.11. The molecule has 170 valence electrons. The third-order valence-corrected chi connectivity index (χ3v) is 10.0. The number of hydrogen-bond donors (Lipinski definition) is 0. The van der Waals surface area contributed by atoms with Crippen LogP contribution in [0.5, 0.6) is 0 Å². The van der Waals surface area contributed by atoms with Crippen molar-refractivity contribution in [2.75, 3.05) is 11.4 Å². The van der Waals surface area contributed by atoms with Crippen molar-refractivity contribution in [3.8, 4) is 0 Å². The molecule has 4 heteroatoms.